The fraction of sp³-hybridized carbons (Fsp3) is 0.867. The fourth-order valence-corrected chi connectivity index (χ4v) is 7.66. The van der Waals surface area contributed by atoms with Crippen LogP contribution in [-0.4, -0.2) is 64.9 Å². The molecule has 0 rings (SSSR count). The summed E-state index contributed by atoms with van der Waals surface area (Å²) in [5, 5.41) is 0. The molecule has 0 atom stereocenters. The van der Waals surface area contributed by atoms with Gasteiger partial charge >= 0.3 is 117 Å². The van der Waals surface area contributed by atoms with Crippen LogP contribution in [-0.2, 0) is 4.57 Å². The Morgan fingerprint density at radius 2 is 1.45 bits per heavy atom. The van der Waals surface area contributed by atoms with Crippen LogP contribution in [0.2, 0.25) is 0 Å². The molecule has 0 radical (unpaired) electrons. The molecule has 0 spiro atoms. The molecular formula is C15H37NO4P2. The van der Waals surface area contributed by atoms with Gasteiger partial charge in [0.05, 0.1) is 0 Å². The second-order valence-corrected chi connectivity index (χ2v) is 12.2. The van der Waals surface area contributed by atoms with Crippen molar-refractivity contribution >= 4 is 15.1 Å². The quantitative estimate of drug-likeness (QED) is 0.391. The third kappa shape index (κ3) is 18.3. The zero-order valence-corrected chi connectivity index (χ0v) is 16.7. The molecule has 0 saturated carbocycles. The maximum atomic E-state index is 8.88. The Morgan fingerprint density at radius 1 is 1.05 bits per heavy atom. The van der Waals surface area contributed by atoms with E-state index >= 15 is 0 Å². The van der Waals surface area contributed by atoms with Gasteiger partial charge in [-0.1, -0.05) is 0 Å². The first-order valence-corrected chi connectivity index (χ1v) is 12.5. The first-order chi connectivity index (χ1) is 10.1. The third-order valence-electron chi connectivity index (χ3n) is 3.79. The summed E-state index contributed by atoms with van der Waals surface area (Å²) in [6, 6.07) is 0. The summed E-state index contributed by atoms with van der Waals surface area (Å²) in [7, 11) is -1.30. The summed E-state index contributed by atoms with van der Waals surface area (Å²) >= 11 is 0. The fourth-order valence-electron chi connectivity index (χ4n) is 2.55. The van der Waals surface area contributed by atoms with Gasteiger partial charge in [0.15, 0.2) is 0 Å². The first-order valence-electron chi connectivity index (χ1n) is 8.14. The molecule has 0 aromatic heterocycles. The van der Waals surface area contributed by atoms with E-state index < -0.39 is 15.1 Å². The maximum absolute atomic E-state index is 8.88. The van der Waals surface area contributed by atoms with Crippen LogP contribution in [0.4, 0.5) is 0 Å². The Bertz CT molecular complexity index is 302. The van der Waals surface area contributed by atoms with E-state index in [1.54, 1.807) is 0 Å². The number of hydrogen-bond donors (Lipinski definition) is 3. The van der Waals surface area contributed by atoms with Crippen LogP contribution < -0.4 is 0 Å². The zero-order valence-electron chi connectivity index (χ0n) is 14.8. The number of unbranched alkanes of at least 4 members (excludes halogenated alkanes) is 2. The second-order valence-electron chi connectivity index (χ2n) is 6.27. The van der Waals surface area contributed by atoms with Gasteiger partial charge in [-0.15, -0.1) is 0 Å². The van der Waals surface area contributed by atoms with Gasteiger partial charge in [-0.3, -0.25) is 0 Å². The van der Waals surface area contributed by atoms with E-state index in [4.69, 9.17) is 19.2 Å². The van der Waals surface area contributed by atoms with Gasteiger partial charge < -0.3 is 14.7 Å². The predicted octanol–water partition coefficient (Wildman–Crippen LogP) is 3.16. The number of hydrogen-bond acceptors (Lipinski definition) is 2. The topological polar surface area (TPSA) is 81.0 Å². The van der Waals surface area contributed by atoms with Gasteiger partial charge in [0.25, 0.3) is 0 Å². The average Bonchev–Trinajstić information content (AvgIpc) is 2.38. The minimum absolute atomic E-state index is 1.06. The van der Waals surface area contributed by atoms with E-state index in [-0.39, 0.29) is 0 Å². The molecule has 5 nitrogen and oxygen atoms in total. The number of rotatable bonds is 11. The summed E-state index contributed by atoms with van der Waals surface area (Å²) in [6.45, 7) is 9.92. The van der Waals surface area contributed by atoms with Crippen molar-refractivity contribution in [3.05, 3.63) is 12.7 Å². The molecule has 0 bridgehead atoms. The summed E-state index contributed by atoms with van der Waals surface area (Å²) < 4.78 is 8.88. The van der Waals surface area contributed by atoms with Crippen LogP contribution in [0.25, 0.3) is 0 Å². The molecule has 0 aromatic carbocycles. The van der Waals surface area contributed by atoms with Gasteiger partial charge in [-0.05, 0) is 0 Å². The van der Waals surface area contributed by atoms with Crippen LogP contribution in [0.1, 0.15) is 39.5 Å². The van der Waals surface area contributed by atoms with Crippen LogP contribution in [0.5, 0.6) is 0 Å². The van der Waals surface area contributed by atoms with Crippen LogP contribution in [0.15, 0.2) is 12.7 Å². The van der Waals surface area contributed by atoms with E-state index in [0.29, 0.717) is 0 Å². The van der Waals surface area contributed by atoms with Crippen molar-refractivity contribution < 1.29 is 19.2 Å². The minimum atomic E-state index is -4.64. The third-order valence-corrected chi connectivity index (χ3v) is 9.06. The maximum Gasteiger partial charge on any atom is 0.466 e. The molecule has 0 amide bonds. The van der Waals surface area contributed by atoms with Gasteiger partial charge in [-0.2, -0.15) is 0 Å². The largest absolute Gasteiger partial charge is 0.466 e. The molecule has 0 aliphatic carbocycles. The first kappa shape index (κ1) is 24.5. The molecular weight excluding hydrogens is 320 g/mol. The molecule has 0 fully saturated rings. The summed E-state index contributed by atoms with van der Waals surface area (Å²) in [5.74, 6) is 0. The van der Waals surface area contributed by atoms with Crippen molar-refractivity contribution in [2.24, 2.45) is 0 Å². The average molecular weight is 357 g/mol. The van der Waals surface area contributed by atoms with Gasteiger partial charge in [0, 0.05) is 0 Å². The van der Waals surface area contributed by atoms with Crippen molar-refractivity contribution in [1.29, 1.82) is 0 Å². The molecule has 0 unspecified atom stereocenters. The Morgan fingerprint density at radius 3 is 1.73 bits per heavy atom. The van der Waals surface area contributed by atoms with Crippen LogP contribution in [0, 0.1) is 0 Å². The van der Waals surface area contributed by atoms with E-state index in [1.807, 2.05) is 0 Å². The Hall–Kier alpha value is 0.240. The van der Waals surface area contributed by atoms with Crippen molar-refractivity contribution in [2.75, 3.05) is 45.3 Å². The zero-order chi connectivity index (χ0) is 17.6. The standard InChI is InChI=1S/C15H34NP.H3O4P/c1-6-9-13-17(12-8-3,14-10-7-2)15-11-16(4)5;1-5(2,3)4/h8,17H,3,6-7,9-15H2,1-2,4-5H3;(H3,1,2,3,4). The van der Waals surface area contributed by atoms with Crippen molar-refractivity contribution in [2.45, 2.75) is 39.5 Å². The normalized spacial score (nSPS) is 12.7. The Kier molecular flexibility index (Phi) is 15.2. The van der Waals surface area contributed by atoms with E-state index in [2.05, 4.69) is 45.5 Å². The number of phosphoric acid groups is 1. The van der Waals surface area contributed by atoms with Crippen molar-refractivity contribution in [1.82, 2.24) is 4.90 Å². The number of allylic oxidation sites excluding steroid dienone is 1. The molecule has 0 saturated heterocycles. The Balaban J connectivity index is 0. The van der Waals surface area contributed by atoms with Crippen LogP contribution in [0.3, 0.4) is 0 Å². The second kappa shape index (κ2) is 13.7. The molecule has 0 heterocycles. The van der Waals surface area contributed by atoms with Crippen molar-refractivity contribution in [3.8, 4) is 0 Å². The minimum Gasteiger partial charge on any atom is -0.303 e. The molecule has 0 aliphatic rings. The smallest absolute Gasteiger partial charge is 0.303 e. The van der Waals surface area contributed by atoms with E-state index in [9.17, 15) is 0 Å². The molecule has 22 heavy (non-hydrogen) atoms. The van der Waals surface area contributed by atoms with Gasteiger partial charge in [0.2, 0.25) is 0 Å². The van der Waals surface area contributed by atoms with Crippen LogP contribution >= 0.6 is 15.1 Å². The molecule has 0 aromatic rings. The monoisotopic (exact) mass is 357 g/mol. The molecule has 136 valence electrons. The molecule has 0 aliphatic heterocycles. The summed E-state index contributed by atoms with van der Waals surface area (Å²) in [4.78, 5) is 23.9. The summed E-state index contributed by atoms with van der Waals surface area (Å²) in [6.07, 6.45) is 13.6. The predicted molar refractivity (Wildman–Crippen MR) is 101 cm³/mol. The van der Waals surface area contributed by atoms with Gasteiger partial charge in [-0.25, -0.2) is 4.57 Å². The molecule has 7 heteroatoms. The van der Waals surface area contributed by atoms with E-state index in [0.717, 1.165) is 0 Å². The SMILES string of the molecule is C=CC[PH](CCCC)(CCCC)CCN(C)C.O=P(O)(O)O. The summed E-state index contributed by atoms with van der Waals surface area (Å²) in [5.41, 5.74) is 0. The Labute approximate surface area is 137 Å². The van der Waals surface area contributed by atoms with E-state index in [1.165, 1.54) is 56.9 Å². The van der Waals surface area contributed by atoms with Gasteiger partial charge in [0.1, 0.15) is 0 Å². The number of nitrogens with zero attached hydrogens (tertiary/aromatic N) is 1. The van der Waals surface area contributed by atoms with Crippen molar-refractivity contribution in [3.63, 3.8) is 0 Å². The molecule has 3 N–H and O–H groups in total.